The maximum absolute atomic E-state index is 12.0. The summed E-state index contributed by atoms with van der Waals surface area (Å²) in [5.41, 5.74) is 0.945. The van der Waals surface area contributed by atoms with Gasteiger partial charge in [0.05, 0.1) is 7.11 Å². The van der Waals surface area contributed by atoms with Gasteiger partial charge in [0.15, 0.2) is 5.16 Å². The molecule has 2 aromatic rings. The number of thioether (sulfide) groups is 1. The first kappa shape index (κ1) is 12.0. The van der Waals surface area contributed by atoms with E-state index in [0.717, 1.165) is 11.3 Å². The molecule has 0 saturated heterocycles. The molecule has 6 heteroatoms. The molecule has 1 atom stereocenters. The number of para-hydroxylation sites is 1. The van der Waals surface area contributed by atoms with Gasteiger partial charge in [0.2, 0.25) is 0 Å². The Morgan fingerprint density at radius 2 is 2.26 bits per heavy atom. The highest BCUT2D eigenvalue weighted by molar-refractivity contribution is 8.01. The average Bonchev–Trinajstić information content (AvgIpc) is 3.00. The van der Waals surface area contributed by atoms with Crippen molar-refractivity contribution in [2.75, 3.05) is 7.11 Å². The third-order valence-electron chi connectivity index (χ3n) is 2.82. The number of fused-ring (bicyclic) bond motifs is 1. The van der Waals surface area contributed by atoms with Gasteiger partial charge in [0.1, 0.15) is 17.3 Å². The van der Waals surface area contributed by atoms with Crippen LogP contribution in [0.1, 0.15) is 10.4 Å². The summed E-state index contributed by atoms with van der Waals surface area (Å²) in [5.74, 6) is 0.768. The van der Waals surface area contributed by atoms with Gasteiger partial charge in [-0.15, -0.1) is 10.2 Å². The maximum atomic E-state index is 12.0. The topological polar surface area (TPSA) is 57.0 Å². The van der Waals surface area contributed by atoms with Gasteiger partial charge >= 0.3 is 0 Å². The van der Waals surface area contributed by atoms with E-state index in [9.17, 15) is 4.79 Å². The van der Waals surface area contributed by atoms with Crippen LogP contribution in [0.3, 0.4) is 0 Å². The van der Waals surface area contributed by atoms with Crippen LogP contribution in [0.2, 0.25) is 0 Å². The quantitative estimate of drug-likeness (QED) is 0.857. The lowest BCUT2D eigenvalue weighted by Crippen LogP contribution is -2.14. The molecule has 0 fully saturated rings. The molecule has 3 rings (SSSR count). The van der Waals surface area contributed by atoms with Gasteiger partial charge in [0.25, 0.3) is 5.91 Å². The summed E-state index contributed by atoms with van der Waals surface area (Å²) < 4.78 is 6.74. The molecule has 0 bridgehead atoms. The van der Waals surface area contributed by atoms with Crippen molar-refractivity contribution in [3.8, 4) is 5.75 Å². The fourth-order valence-corrected chi connectivity index (χ4v) is 2.82. The molecular weight excluding hydrogens is 262 g/mol. The van der Waals surface area contributed by atoms with Crippen LogP contribution in [0, 0.1) is 0 Å². The van der Waals surface area contributed by atoms with Crippen LogP contribution >= 0.6 is 11.8 Å². The molecular formula is C13H11N3O2S. The zero-order chi connectivity index (χ0) is 13.2. The number of carbonyl (C=O) groups excluding carboxylic acids is 1. The number of rotatable bonds is 3. The van der Waals surface area contributed by atoms with Gasteiger partial charge in [-0.25, -0.2) is 4.57 Å². The smallest absolute Gasteiger partial charge is 0.251 e. The highest BCUT2D eigenvalue weighted by Crippen LogP contribution is 2.31. The number of hydrogen-bond donors (Lipinski definition) is 0. The van der Waals surface area contributed by atoms with E-state index in [-0.39, 0.29) is 11.2 Å². The van der Waals surface area contributed by atoms with Crippen molar-refractivity contribution in [2.45, 2.75) is 10.4 Å². The summed E-state index contributed by atoms with van der Waals surface area (Å²) in [4.78, 5) is 12.0. The fraction of sp³-hybridized carbons (Fsp3) is 0.154. The first-order valence-electron chi connectivity index (χ1n) is 5.71. The first-order chi connectivity index (χ1) is 9.29. The molecule has 1 aromatic carbocycles. The lowest BCUT2D eigenvalue weighted by molar-refractivity contribution is 0.0921. The number of carbonyl (C=O) groups is 1. The van der Waals surface area contributed by atoms with E-state index in [2.05, 4.69) is 10.2 Å². The minimum Gasteiger partial charge on any atom is -0.496 e. The molecule has 1 aromatic heterocycles. The molecule has 0 spiro atoms. The average molecular weight is 273 g/mol. The molecule has 1 aliphatic heterocycles. The summed E-state index contributed by atoms with van der Waals surface area (Å²) in [7, 11) is 1.63. The zero-order valence-electron chi connectivity index (χ0n) is 10.2. The Hall–Kier alpha value is -2.08. The molecule has 0 radical (unpaired) electrons. The van der Waals surface area contributed by atoms with E-state index in [0.29, 0.717) is 5.16 Å². The van der Waals surface area contributed by atoms with Crippen LogP contribution in [-0.2, 0) is 0 Å². The Labute approximate surface area is 114 Å². The Kier molecular flexibility index (Phi) is 3.08. The molecule has 19 heavy (non-hydrogen) atoms. The predicted octanol–water partition coefficient (Wildman–Crippen LogP) is 2.11. The van der Waals surface area contributed by atoms with Crippen molar-refractivity contribution < 1.29 is 9.53 Å². The van der Waals surface area contributed by atoms with Crippen molar-refractivity contribution in [3.63, 3.8) is 0 Å². The Morgan fingerprint density at radius 1 is 1.42 bits per heavy atom. The molecule has 0 saturated carbocycles. The standard InChI is InChI=1S/C13H11N3O2S/c1-18-10-5-3-2-4-9(10)6-7-11-12(17)16-8-14-15-13(16)19-11/h2-8,11H,1H3/b7-6-. The molecule has 2 heterocycles. The van der Waals surface area contributed by atoms with Gasteiger partial charge in [-0.1, -0.05) is 42.1 Å². The van der Waals surface area contributed by atoms with Crippen molar-refractivity contribution in [2.24, 2.45) is 0 Å². The van der Waals surface area contributed by atoms with Crippen molar-refractivity contribution in [1.29, 1.82) is 0 Å². The van der Waals surface area contributed by atoms with E-state index in [4.69, 9.17) is 4.74 Å². The second-order valence-corrected chi connectivity index (χ2v) is 5.07. The van der Waals surface area contributed by atoms with Crippen molar-refractivity contribution in [3.05, 3.63) is 42.2 Å². The van der Waals surface area contributed by atoms with Gasteiger partial charge in [0, 0.05) is 5.56 Å². The number of hydrogen-bond acceptors (Lipinski definition) is 5. The van der Waals surface area contributed by atoms with E-state index in [1.54, 1.807) is 7.11 Å². The predicted molar refractivity (Wildman–Crippen MR) is 72.3 cm³/mol. The zero-order valence-corrected chi connectivity index (χ0v) is 11.0. The molecule has 0 amide bonds. The van der Waals surface area contributed by atoms with Crippen molar-refractivity contribution >= 4 is 23.7 Å². The number of methoxy groups -OCH3 is 1. The highest BCUT2D eigenvalue weighted by atomic mass is 32.2. The Morgan fingerprint density at radius 3 is 3.05 bits per heavy atom. The third-order valence-corrected chi connectivity index (χ3v) is 3.92. The highest BCUT2D eigenvalue weighted by Gasteiger charge is 2.30. The van der Waals surface area contributed by atoms with E-state index in [1.807, 2.05) is 36.4 Å². The molecule has 5 nitrogen and oxygen atoms in total. The normalized spacial score (nSPS) is 17.9. The monoisotopic (exact) mass is 273 g/mol. The Bertz CT molecular complexity index is 651. The first-order valence-corrected chi connectivity index (χ1v) is 6.59. The molecule has 96 valence electrons. The van der Waals surface area contributed by atoms with Crippen molar-refractivity contribution in [1.82, 2.24) is 14.8 Å². The lowest BCUT2D eigenvalue weighted by atomic mass is 10.1. The van der Waals surface area contributed by atoms with Crippen LogP contribution in [0.5, 0.6) is 5.75 Å². The van der Waals surface area contributed by atoms with Gasteiger partial charge < -0.3 is 4.74 Å². The second kappa shape index (κ2) is 4.89. The van der Waals surface area contributed by atoms with Gasteiger partial charge in [-0.3, -0.25) is 4.79 Å². The van der Waals surface area contributed by atoms with Crippen LogP contribution in [-0.4, -0.2) is 33.0 Å². The minimum atomic E-state index is -0.254. The van der Waals surface area contributed by atoms with Crippen LogP contribution < -0.4 is 4.74 Å². The van der Waals surface area contributed by atoms with Crippen LogP contribution in [0.25, 0.3) is 6.08 Å². The molecule has 0 aliphatic carbocycles. The van der Waals surface area contributed by atoms with Crippen LogP contribution in [0.4, 0.5) is 0 Å². The number of nitrogens with zero attached hydrogens (tertiary/aromatic N) is 3. The summed E-state index contributed by atoms with van der Waals surface area (Å²) >= 11 is 1.40. The Balaban J connectivity index is 1.81. The van der Waals surface area contributed by atoms with E-state index >= 15 is 0 Å². The minimum absolute atomic E-state index is 0.0175. The largest absolute Gasteiger partial charge is 0.496 e. The third kappa shape index (κ3) is 2.15. The molecule has 0 N–H and O–H groups in total. The summed E-state index contributed by atoms with van der Waals surface area (Å²) in [6.45, 7) is 0. The van der Waals surface area contributed by atoms with Gasteiger partial charge in [-0.2, -0.15) is 0 Å². The van der Waals surface area contributed by atoms with Crippen LogP contribution in [0.15, 0.2) is 41.8 Å². The van der Waals surface area contributed by atoms with E-state index < -0.39 is 0 Å². The number of benzene rings is 1. The molecule has 1 unspecified atom stereocenters. The van der Waals surface area contributed by atoms with E-state index in [1.165, 1.54) is 22.7 Å². The second-order valence-electron chi connectivity index (χ2n) is 3.96. The molecule has 1 aliphatic rings. The SMILES string of the molecule is COc1ccccc1/C=C\C1Sc2nncn2C1=O. The summed E-state index contributed by atoms with van der Waals surface area (Å²) in [6.07, 6.45) is 5.20. The summed E-state index contributed by atoms with van der Waals surface area (Å²) in [6, 6.07) is 7.67. The maximum Gasteiger partial charge on any atom is 0.251 e. The number of aromatic nitrogens is 3. The number of ether oxygens (including phenoxy) is 1. The fourth-order valence-electron chi connectivity index (χ4n) is 1.87. The summed E-state index contributed by atoms with van der Waals surface area (Å²) in [5, 5.41) is 7.97. The van der Waals surface area contributed by atoms with Gasteiger partial charge in [-0.05, 0) is 6.07 Å². The lowest BCUT2D eigenvalue weighted by Gasteiger charge is -2.04.